The molecule has 1 aliphatic heterocycles. The van der Waals surface area contributed by atoms with Gasteiger partial charge in [-0.1, -0.05) is 44.9 Å². The Labute approximate surface area is 276 Å². The normalized spacial score (nSPS) is 20.8. The van der Waals surface area contributed by atoms with E-state index in [-0.39, 0.29) is 50.5 Å². The molecule has 1 rings (SSSR count). The molecule has 0 saturated carbocycles. The molecule has 1 heterocycles. The van der Waals surface area contributed by atoms with Gasteiger partial charge in [0, 0.05) is 23.3 Å². The topological polar surface area (TPSA) is 155 Å². The summed E-state index contributed by atoms with van der Waals surface area (Å²) in [4.78, 5) is 65.5. The van der Waals surface area contributed by atoms with Crippen molar-refractivity contribution in [3.8, 4) is 0 Å². The van der Waals surface area contributed by atoms with Gasteiger partial charge in [-0.15, -0.1) is 6.58 Å². The molecule has 0 bridgehead atoms. The van der Waals surface area contributed by atoms with Crippen molar-refractivity contribution >= 4 is 61.6 Å². The van der Waals surface area contributed by atoms with E-state index in [4.69, 9.17) is 23.7 Å². The van der Waals surface area contributed by atoms with Gasteiger partial charge in [0.05, 0.1) is 38.9 Å². The molecule has 1 N–H and O–H groups in total. The molecule has 5 unspecified atom stereocenters. The van der Waals surface area contributed by atoms with Crippen molar-refractivity contribution < 1.29 is 52.8 Å². The summed E-state index contributed by atoms with van der Waals surface area (Å²) in [5.41, 5.74) is -2.86. The number of nitrogens with zero attached hydrogens (tertiary/aromatic N) is 1. The van der Waals surface area contributed by atoms with Gasteiger partial charge in [-0.2, -0.15) is 0 Å². The first kappa shape index (κ1) is 40.2. The summed E-state index contributed by atoms with van der Waals surface area (Å²) >= 11 is 6.71. The molecule has 1 aliphatic rings. The first-order valence-corrected chi connectivity index (χ1v) is 15.8. The lowest BCUT2D eigenvalue weighted by molar-refractivity contribution is -0.177. The van der Waals surface area contributed by atoms with Crippen LogP contribution in [-0.2, 0) is 47.7 Å². The number of amides is 2. The van der Waals surface area contributed by atoms with Gasteiger partial charge in [0.2, 0.25) is 11.8 Å². The molecule has 1 saturated heterocycles. The summed E-state index contributed by atoms with van der Waals surface area (Å²) in [6.07, 6.45) is 1.44. The highest BCUT2D eigenvalue weighted by atomic mass is 79.9. The van der Waals surface area contributed by atoms with Crippen LogP contribution in [0.1, 0.15) is 48.5 Å². The molecular formula is C30H47Br2NO11. The second-order valence-corrected chi connectivity index (χ2v) is 16.9. The molecule has 252 valence electrons. The van der Waals surface area contributed by atoms with E-state index in [2.05, 4.69) is 38.4 Å². The molecule has 44 heavy (non-hydrogen) atoms. The molecule has 14 heteroatoms. The Bertz CT molecular complexity index is 1050. The number of carbonyl (C=O) groups excluding carboxylic acids is 5. The van der Waals surface area contributed by atoms with Crippen LogP contribution in [0.15, 0.2) is 12.7 Å². The molecular weight excluding hydrogens is 710 g/mol. The molecule has 2 amide bonds. The van der Waals surface area contributed by atoms with E-state index >= 15 is 0 Å². The maximum absolute atomic E-state index is 13.4. The van der Waals surface area contributed by atoms with Crippen molar-refractivity contribution in [2.24, 2.45) is 28.6 Å². The monoisotopic (exact) mass is 755 g/mol. The fourth-order valence-electron chi connectivity index (χ4n) is 4.37. The van der Waals surface area contributed by atoms with Crippen LogP contribution >= 0.6 is 31.9 Å². The largest absolute Gasteiger partial charge is 0.464 e. The summed E-state index contributed by atoms with van der Waals surface area (Å²) in [5, 5.41) is 9.58. The summed E-state index contributed by atoms with van der Waals surface area (Å²) in [6, 6.07) is 0. The van der Waals surface area contributed by atoms with Gasteiger partial charge in [-0.3, -0.25) is 28.9 Å². The Morgan fingerprint density at radius 2 is 1.41 bits per heavy atom. The zero-order chi connectivity index (χ0) is 34.1. The third kappa shape index (κ3) is 11.2. The van der Waals surface area contributed by atoms with Crippen molar-refractivity contribution in [1.29, 1.82) is 0 Å². The molecule has 0 aromatic heterocycles. The molecule has 0 radical (unpaired) electrons. The first-order valence-electron chi connectivity index (χ1n) is 14.2. The Morgan fingerprint density at radius 3 is 1.89 bits per heavy atom. The van der Waals surface area contributed by atoms with Gasteiger partial charge in [0.15, 0.2) is 0 Å². The van der Waals surface area contributed by atoms with Gasteiger partial charge in [0.25, 0.3) is 0 Å². The highest BCUT2D eigenvalue weighted by Crippen LogP contribution is 2.33. The lowest BCUT2D eigenvalue weighted by Gasteiger charge is -2.31. The summed E-state index contributed by atoms with van der Waals surface area (Å²) in [5.74, 6) is -5.03. The number of ether oxygens (including phenoxy) is 5. The predicted molar refractivity (Wildman–Crippen MR) is 168 cm³/mol. The average molecular weight is 758 g/mol. The fraction of sp³-hybridized carbons (Fsp3) is 0.767. The van der Waals surface area contributed by atoms with Gasteiger partial charge < -0.3 is 28.8 Å². The summed E-state index contributed by atoms with van der Waals surface area (Å²) in [7, 11) is 1.37. The Morgan fingerprint density at radius 1 is 0.886 bits per heavy atom. The second-order valence-electron chi connectivity index (χ2n) is 12.8. The van der Waals surface area contributed by atoms with Crippen LogP contribution in [0.2, 0.25) is 0 Å². The van der Waals surface area contributed by atoms with Gasteiger partial charge >= 0.3 is 17.9 Å². The van der Waals surface area contributed by atoms with Crippen molar-refractivity contribution in [1.82, 2.24) is 4.90 Å². The minimum Gasteiger partial charge on any atom is -0.464 e. The number of carbonyl (C=O) groups is 5. The molecule has 0 aromatic rings. The van der Waals surface area contributed by atoms with E-state index in [1.807, 2.05) is 13.8 Å². The molecule has 12 nitrogen and oxygen atoms in total. The Balaban J connectivity index is 2.95. The van der Waals surface area contributed by atoms with Crippen LogP contribution in [0.5, 0.6) is 0 Å². The van der Waals surface area contributed by atoms with Crippen molar-refractivity contribution in [2.45, 2.75) is 57.1 Å². The van der Waals surface area contributed by atoms with E-state index < -0.39 is 69.2 Å². The number of halogens is 2. The number of hydrogen-bond donors (Lipinski definition) is 1. The zero-order valence-corrected chi connectivity index (χ0v) is 30.1. The summed E-state index contributed by atoms with van der Waals surface area (Å²) < 4.78 is 26.0. The molecule has 0 aromatic carbocycles. The van der Waals surface area contributed by atoms with Crippen LogP contribution in [0.3, 0.4) is 0 Å². The van der Waals surface area contributed by atoms with Crippen LogP contribution in [0, 0.1) is 28.6 Å². The van der Waals surface area contributed by atoms with Crippen LogP contribution in [-0.4, -0.2) is 108 Å². The number of methoxy groups -OCH3 is 1. The molecule has 0 spiro atoms. The maximum atomic E-state index is 13.4. The smallest absolute Gasteiger partial charge is 0.322 e. The number of aliphatic hydroxyl groups excluding tert-OH is 1. The lowest BCUT2D eigenvalue weighted by atomic mass is 9.85. The molecule has 1 fully saturated rings. The third-order valence-electron chi connectivity index (χ3n) is 7.11. The number of aliphatic hydroxyl groups is 1. The minimum absolute atomic E-state index is 0.136. The zero-order valence-electron chi connectivity index (χ0n) is 26.9. The molecule has 0 aliphatic carbocycles. The van der Waals surface area contributed by atoms with Crippen LogP contribution in [0.25, 0.3) is 0 Å². The van der Waals surface area contributed by atoms with Gasteiger partial charge in [-0.05, 0) is 41.5 Å². The third-order valence-corrected chi connectivity index (χ3v) is 7.66. The lowest BCUT2D eigenvalue weighted by Crippen LogP contribution is -2.45. The number of hydrogen-bond acceptors (Lipinski definition) is 11. The van der Waals surface area contributed by atoms with Crippen molar-refractivity contribution in [2.75, 3.05) is 59.9 Å². The number of likely N-dealkylation sites (tertiary alicyclic amines) is 1. The SMILES string of the molecule is C=CC(CO)C1C(=O)N(CCOC(=O)C(C)(COC)COC(=O)C(C)(COCC(C)(C)Br)COC(=O)C(C)(C)Br)C(=O)C1C. The first-order chi connectivity index (χ1) is 20.2. The molecule has 5 atom stereocenters. The standard InChI is InChI=1S/C30H47Br2NO11/c1-10-20(13-34)21-19(2)22(35)33(23(21)36)11-12-42-25(38)29(7,15-40-9)17-44-26(39)30(8,16-41-14-27(3,4)31)18-43-24(37)28(5,6)32/h10,19-21,34H,1,11-18H2,2-9H3. The van der Waals surface area contributed by atoms with Crippen LogP contribution < -0.4 is 0 Å². The predicted octanol–water partition coefficient (Wildman–Crippen LogP) is 3.05. The van der Waals surface area contributed by atoms with E-state index in [1.165, 1.54) is 27.0 Å². The maximum Gasteiger partial charge on any atom is 0.322 e. The van der Waals surface area contributed by atoms with Gasteiger partial charge in [-0.25, -0.2) is 0 Å². The fourth-order valence-corrected chi connectivity index (χ4v) is 4.64. The minimum atomic E-state index is -1.45. The van der Waals surface area contributed by atoms with E-state index in [1.54, 1.807) is 20.8 Å². The van der Waals surface area contributed by atoms with Crippen molar-refractivity contribution in [3.63, 3.8) is 0 Å². The Kier molecular flexibility index (Phi) is 15.2. The second kappa shape index (κ2) is 16.6. The quantitative estimate of drug-likeness (QED) is 0.0680. The van der Waals surface area contributed by atoms with E-state index in [0.717, 1.165) is 4.90 Å². The number of imide groups is 1. The summed E-state index contributed by atoms with van der Waals surface area (Å²) in [6.45, 7) is 13.6. The van der Waals surface area contributed by atoms with Gasteiger partial charge in [0.1, 0.15) is 35.0 Å². The number of alkyl halides is 2. The number of rotatable bonds is 19. The highest BCUT2D eigenvalue weighted by Gasteiger charge is 2.48. The highest BCUT2D eigenvalue weighted by molar-refractivity contribution is 9.10. The van der Waals surface area contributed by atoms with E-state index in [0.29, 0.717) is 0 Å². The Hall–Kier alpha value is -1.87. The van der Waals surface area contributed by atoms with Crippen molar-refractivity contribution in [3.05, 3.63) is 12.7 Å². The average Bonchev–Trinajstić information content (AvgIpc) is 3.13. The number of esters is 3. The van der Waals surface area contributed by atoms with Crippen LogP contribution in [0.4, 0.5) is 0 Å². The van der Waals surface area contributed by atoms with E-state index in [9.17, 15) is 29.1 Å².